The first-order chi connectivity index (χ1) is 13.7. The molecule has 150 valence electrons. The summed E-state index contributed by atoms with van der Waals surface area (Å²) >= 11 is 0. The number of amides is 1. The van der Waals surface area contributed by atoms with Crippen LogP contribution in [0.2, 0.25) is 0 Å². The fourth-order valence-electron chi connectivity index (χ4n) is 3.80. The summed E-state index contributed by atoms with van der Waals surface area (Å²) in [6, 6.07) is 8.19. The molecule has 0 radical (unpaired) electrons. The van der Waals surface area contributed by atoms with Gasteiger partial charge in [-0.1, -0.05) is 6.07 Å². The minimum atomic E-state index is -0.349. The molecule has 3 heterocycles. The lowest BCUT2D eigenvalue weighted by Gasteiger charge is -2.39. The Morgan fingerprint density at radius 3 is 2.75 bits per heavy atom. The summed E-state index contributed by atoms with van der Waals surface area (Å²) < 4.78 is 24.2. The second-order valence-electron chi connectivity index (χ2n) is 7.20. The Morgan fingerprint density at radius 1 is 1.21 bits per heavy atom. The van der Waals surface area contributed by atoms with Crippen molar-refractivity contribution in [3.8, 4) is 5.75 Å². The normalized spacial score (nSPS) is 19.0. The van der Waals surface area contributed by atoms with E-state index < -0.39 is 0 Å². The first kappa shape index (κ1) is 18.9. The number of rotatable bonds is 5. The van der Waals surface area contributed by atoms with Crippen LogP contribution in [0, 0.1) is 5.82 Å². The van der Waals surface area contributed by atoms with Gasteiger partial charge in [0.05, 0.1) is 18.9 Å². The van der Waals surface area contributed by atoms with Crippen LogP contribution >= 0.6 is 0 Å². The summed E-state index contributed by atoms with van der Waals surface area (Å²) in [5.41, 5.74) is 1.07. The number of piperidine rings is 1. The van der Waals surface area contributed by atoms with E-state index in [0.29, 0.717) is 23.2 Å². The van der Waals surface area contributed by atoms with E-state index in [1.54, 1.807) is 18.2 Å². The third-order valence-electron chi connectivity index (χ3n) is 5.35. The van der Waals surface area contributed by atoms with Crippen molar-refractivity contribution >= 4 is 5.91 Å². The summed E-state index contributed by atoms with van der Waals surface area (Å²) in [6.07, 6.45) is 1.96. The molecule has 0 spiro atoms. The van der Waals surface area contributed by atoms with Gasteiger partial charge in [-0.3, -0.25) is 14.8 Å². The maximum Gasteiger partial charge on any atom is 0.274 e. The minimum absolute atomic E-state index is 0.0614. The lowest BCUT2D eigenvalue weighted by Crippen LogP contribution is -2.50. The molecule has 2 saturated heterocycles. The summed E-state index contributed by atoms with van der Waals surface area (Å²) in [7, 11) is 0. The van der Waals surface area contributed by atoms with Gasteiger partial charge in [-0.25, -0.2) is 4.39 Å². The van der Waals surface area contributed by atoms with Crippen LogP contribution in [-0.4, -0.2) is 71.3 Å². The maximum atomic E-state index is 13.2. The third kappa shape index (κ3) is 4.51. The predicted molar refractivity (Wildman–Crippen MR) is 101 cm³/mol. The van der Waals surface area contributed by atoms with Crippen LogP contribution in [0.4, 0.5) is 4.39 Å². The standard InChI is InChI=1S/C20H25FN4O3/c21-15-2-1-3-18(12-15)28-14-16-13-19(23-22-16)20(26)25-6-4-17(5-7-25)24-8-10-27-11-9-24/h1-3,12-13,17H,4-11,14H2,(H,22,23). The molecule has 0 saturated carbocycles. The monoisotopic (exact) mass is 388 g/mol. The van der Waals surface area contributed by atoms with Crippen LogP contribution in [0.5, 0.6) is 5.75 Å². The van der Waals surface area contributed by atoms with Gasteiger partial charge in [0.1, 0.15) is 18.2 Å². The van der Waals surface area contributed by atoms with E-state index in [1.807, 2.05) is 4.90 Å². The molecule has 1 aromatic heterocycles. The van der Waals surface area contributed by atoms with Crippen LogP contribution in [0.15, 0.2) is 30.3 Å². The highest BCUT2D eigenvalue weighted by Gasteiger charge is 2.29. The lowest BCUT2D eigenvalue weighted by molar-refractivity contribution is 0.00153. The molecule has 28 heavy (non-hydrogen) atoms. The number of aromatic amines is 1. The number of nitrogens with one attached hydrogen (secondary N) is 1. The summed E-state index contributed by atoms with van der Waals surface area (Å²) in [5.74, 6) is 0.0276. The van der Waals surface area contributed by atoms with E-state index in [-0.39, 0.29) is 18.3 Å². The van der Waals surface area contributed by atoms with E-state index in [2.05, 4.69) is 15.1 Å². The fourth-order valence-corrected chi connectivity index (χ4v) is 3.80. The van der Waals surface area contributed by atoms with Gasteiger partial charge in [-0.2, -0.15) is 5.10 Å². The molecule has 2 aliphatic rings. The van der Waals surface area contributed by atoms with Crippen molar-refractivity contribution in [2.45, 2.75) is 25.5 Å². The Kier molecular flexibility index (Phi) is 5.87. The number of nitrogens with zero attached hydrogens (tertiary/aromatic N) is 3. The van der Waals surface area contributed by atoms with Crippen molar-refractivity contribution in [1.82, 2.24) is 20.0 Å². The molecular weight excluding hydrogens is 363 g/mol. The number of morpholine rings is 1. The molecule has 1 amide bonds. The molecule has 0 unspecified atom stereocenters. The molecule has 2 aliphatic heterocycles. The molecule has 1 N–H and O–H groups in total. The number of carbonyl (C=O) groups excluding carboxylic acids is 1. The average Bonchev–Trinajstić information content (AvgIpc) is 3.22. The number of hydrogen-bond acceptors (Lipinski definition) is 5. The van der Waals surface area contributed by atoms with Gasteiger partial charge in [0.15, 0.2) is 5.69 Å². The molecule has 0 aliphatic carbocycles. The Labute approximate surface area is 163 Å². The molecule has 4 rings (SSSR count). The first-order valence-electron chi connectivity index (χ1n) is 9.73. The topological polar surface area (TPSA) is 70.7 Å². The summed E-state index contributed by atoms with van der Waals surface area (Å²) in [6.45, 7) is 5.23. The molecule has 0 atom stereocenters. The highest BCUT2D eigenvalue weighted by atomic mass is 19.1. The number of carbonyl (C=O) groups is 1. The van der Waals surface area contributed by atoms with E-state index >= 15 is 0 Å². The van der Waals surface area contributed by atoms with Gasteiger partial charge >= 0.3 is 0 Å². The Hall–Kier alpha value is -2.45. The largest absolute Gasteiger partial charge is 0.487 e. The van der Waals surface area contributed by atoms with E-state index in [0.717, 1.165) is 52.2 Å². The van der Waals surface area contributed by atoms with Gasteiger partial charge in [0.2, 0.25) is 0 Å². The summed E-state index contributed by atoms with van der Waals surface area (Å²) in [5, 5.41) is 6.97. The van der Waals surface area contributed by atoms with E-state index in [4.69, 9.17) is 9.47 Å². The quantitative estimate of drug-likeness (QED) is 0.849. The lowest BCUT2D eigenvalue weighted by atomic mass is 10.0. The number of hydrogen-bond donors (Lipinski definition) is 1. The van der Waals surface area contributed by atoms with Crippen LogP contribution in [-0.2, 0) is 11.3 Å². The number of H-pyrrole nitrogens is 1. The Morgan fingerprint density at radius 2 is 2.00 bits per heavy atom. The zero-order chi connectivity index (χ0) is 19.3. The third-order valence-corrected chi connectivity index (χ3v) is 5.35. The van der Waals surface area contributed by atoms with Gasteiger partial charge < -0.3 is 14.4 Å². The molecule has 7 nitrogen and oxygen atoms in total. The zero-order valence-electron chi connectivity index (χ0n) is 15.8. The molecule has 1 aromatic carbocycles. The minimum Gasteiger partial charge on any atom is -0.487 e. The van der Waals surface area contributed by atoms with Crippen molar-refractivity contribution in [2.75, 3.05) is 39.4 Å². The first-order valence-corrected chi connectivity index (χ1v) is 9.73. The second kappa shape index (κ2) is 8.70. The van der Waals surface area contributed by atoms with Gasteiger partial charge in [-0.15, -0.1) is 0 Å². The highest BCUT2D eigenvalue weighted by Crippen LogP contribution is 2.20. The van der Waals surface area contributed by atoms with Crippen molar-refractivity contribution in [3.63, 3.8) is 0 Å². The molecule has 2 fully saturated rings. The Balaban J connectivity index is 1.28. The molecular formula is C20H25FN4O3. The SMILES string of the molecule is O=C(c1cc(COc2cccc(F)c2)[nH]n1)N1CCC(N2CCOCC2)CC1. The van der Waals surface area contributed by atoms with Crippen molar-refractivity contribution in [2.24, 2.45) is 0 Å². The van der Waals surface area contributed by atoms with Crippen molar-refractivity contribution < 1.29 is 18.7 Å². The molecule has 0 bridgehead atoms. The number of likely N-dealkylation sites (tertiary alicyclic amines) is 1. The highest BCUT2D eigenvalue weighted by molar-refractivity contribution is 5.92. The number of aromatic nitrogens is 2. The zero-order valence-corrected chi connectivity index (χ0v) is 15.8. The van der Waals surface area contributed by atoms with E-state index in [1.165, 1.54) is 12.1 Å². The molecule has 2 aromatic rings. The summed E-state index contributed by atoms with van der Waals surface area (Å²) in [4.78, 5) is 17.1. The number of halogens is 1. The van der Waals surface area contributed by atoms with Gasteiger partial charge in [0, 0.05) is 38.3 Å². The van der Waals surface area contributed by atoms with Gasteiger partial charge in [0.25, 0.3) is 5.91 Å². The van der Waals surface area contributed by atoms with Crippen LogP contribution in [0.25, 0.3) is 0 Å². The van der Waals surface area contributed by atoms with Crippen molar-refractivity contribution in [3.05, 3.63) is 47.5 Å². The van der Waals surface area contributed by atoms with E-state index in [9.17, 15) is 9.18 Å². The smallest absolute Gasteiger partial charge is 0.274 e. The average molecular weight is 388 g/mol. The predicted octanol–water partition coefficient (Wildman–Crippen LogP) is 2.06. The molecule has 8 heteroatoms. The second-order valence-corrected chi connectivity index (χ2v) is 7.20. The maximum absolute atomic E-state index is 13.2. The number of benzene rings is 1. The van der Waals surface area contributed by atoms with Gasteiger partial charge in [-0.05, 0) is 31.0 Å². The van der Waals surface area contributed by atoms with Crippen LogP contribution < -0.4 is 4.74 Å². The Bertz CT molecular complexity index is 798. The fraction of sp³-hybridized carbons (Fsp3) is 0.500. The number of ether oxygens (including phenoxy) is 2. The van der Waals surface area contributed by atoms with Crippen LogP contribution in [0.1, 0.15) is 29.0 Å². The van der Waals surface area contributed by atoms with Crippen LogP contribution in [0.3, 0.4) is 0 Å². The van der Waals surface area contributed by atoms with Crippen molar-refractivity contribution in [1.29, 1.82) is 0 Å².